The molecule has 1 rings (SSSR count). The molecule has 1 heterocycles. The lowest BCUT2D eigenvalue weighted by molar-refractivity contribution is 0.278. The van der Waals surface area contributed by atoms with Crippen LogP contribution < -0.4 is 0 Å². The minimum Gasteiger partial charge on any atom is -0.418 e. The lowest BCUT2D eigenvalue weighted by atomic mass is 10.3. The van der Waals surface area contributed by atoms with E-state index in [4.69, 9.17) is 15.1 Å². The SMILES string of the molecule is Cn1ccnc1.F[B-](F)(F)F.OB(O)O. The highest BCUT2D eigenvalue weighted by atomic mass is 19.5. The van der Waals surface area contributed by atoms with E-state index in [-0.39, 0.29) is 0 Å². The smallest absolute Gasteiger partial charge is 0.418 e. The van der Waals surface area contributed by atoms with Crippen LogP contribution >= 0.6 is 0 Å². The summed E-state index contributed by atoms with van der Waals surface area (Å²) in [6.45, 7) is 0. The standard InChI is InChI=1S/C4H6N2.BF4.BH3O3/c1-6-3-2-5-4-6;2-1(3,4)5;2-1(3)4/h2-4H,1H3;;2-4H/q;-1;. The lowest BCUT2D eigenvalue weighted by Gasteiger charge is -1.94. The molecule has 0 aromatic carbocycles. The second-order valence-corrected chi connectivity index (χ2v) is 2.07. The largest absolute Gasteiger partial charge is 0.673 e. The van der Waals surface area contributed by atoms with Gasteiger partial charge >= 0.3 is 14.6 Å². The lowest BCUT2D eigenvalue weighted by Crippen LogP contribution is -2.07. The van der Waals surface area contributed by atoms with Crippen molar-refractivity contribution in [1.82, 2.24) is 9.55 Å². The minimum atomic E-state index is -6.00. The summed E-state index contributed by atoms with van der Waals surface area (Å²) in [7, 11) is -6.23. The Morgan fingerprint density at radius 3 is 1.60 bits per heavy atom. The molecule has 0 aliphatic rings. The molecule has 0 atom stereocenters. The maximum atomic E-state index is 9.75. The summed E-state index contributed by atoms with van der Waals surface area (Å²) in [5, 5.41) is 21.5. The number of aromatic nitrogens is 2. The van der Waals surface area contributed by atoms with Crippen LogP contribution in [0.5, 0.6) is 0 Å². The first-order chi connectivity index (χ1) is 6.63. The average Bonchev–Trinajstić information content (AvgIpc) is 2.33. The first-order valence-electron chi connectivity index (χ1n) is 3.46. The first-order valence-corrected chi connectivity index (χ1v) is 3.46. The Morgan fingerprint density at radius 1 is 1.20 bits per heavy atom. The Morgan fingerprint density at radius 2 is 1.53 bits per heavy atom. The van der Waals surface area contributed by atoms with Crippen LogP contribution in [0.4, 0.5) is 17.3 Å². The van der Waals surface area contributed by atoms with Gasteiger partial charge in [0.15, 0.2) is 0 Å². The summed E-state index contributed by atoms with van der Waals surface area (Å²) >= 11 is 0. The molecule has 0 saturated heterocycles. The molecule has 5 nitrogen and oxygen atoms in total. The number of imidazole rings is 1. The predicted molar refractivity (Wildman–Crippen MR) is 45.8 cm³/mol. The molecule has 0 bridgehead atoms. The van der Waals surface area contributed by atoms with Gasteiger partial charge in [-0.15, -0.1) is 0 Å². The van der Waals surface area contributed by atoms with Crippen molar-refractivity contribution in [3.8, 4) is 0 Å². The fourth-order valence-electron chi connectivity index (χ4n) is 0.326. The normalized spacial score (nSPS) is 9.33. The van der Waals surface area contributed by atoms with E-state index in [2.05, 4.69) is 4.98 Å². The van der Waals surface area contributed by atoms with E-state index in [0.717, 1.165) is 0 Å². The quantitative estimate of drug-likeness (QED) is 0.421. The van der Waals surface area contributed by atoms with Crippen molar-refractivity contribution in [2.75, 3.05) is 0 Å². The van der Waals surface area contributed by atoms with E-state index in [0.29, 0.717) is 0 Å². The van der Waals surface area contributed by atoms with Crippen LogP contribution in [-0.4, -0.2) is 39.2 Å². The zero-order chi connectivity index (χ0) is 12.5. The van der Waals surface area contributed by atoms with E-state index in [1.54, 1.807) is 12.5 Å². The maximum Gasteiger partial charge on any atom is 0.673 e. The van der Waals surface area contributed by atoms with Gasteiger partial charge < -0.3 is 36.9 Å². The van der Waals surface area contributed by atoms with Crippen LogP contribution in [0.25, 0.3) is 0 Å². The molecule has 0 saturated carbocycles. The molecule has 0 radical (unpaired) electrons. The van der Waals surface area contributed by atoms with Gasteiger partial charge in [0, 0.05) is 19.4 Å². The van der Waals surface area contributed by atoms with Crippen molar-refractivity contribution >= 4 is 14.6 Å². The molecular formula is C4H9B2F4N2O3-. The van der Waals surface area contributed by atoms with Crippen molar-refractivity contribution in [2.45, 2.75) is 0 Å². The van der Waals surface area contributed by atoms with E-state index in [1.807, 2.05) is 17.8 Å². The molecule has 1 aromatic rings. The van der Waals surface area contributed by atoms with Crippen molar-refractivity contribution < 1.29 is 32.3 Å². The molecule has 0 fully saturated rings. The van der Waals surface area contributed by atoms with Crippen molar-refractivity contribution in [3.05, 3.63) is 18.7 Å². The fourth-order valence-corrected chi connectivity index (χ4v) is 0.326. The Hall–Kier alpha value is -1.06. The number of aryl methyl sites for hydroxylation is 1. The Kier molecular flexibility index (Phi) is 9.02. The van der Waals surface area contributed by atoms with E-state index >= 15 is 0 Å². The summed E-state index contributed by atoms with van der Waals surface area (Å²) < 4.78 is 40.9. The molecule has 0 amide bonds. The van der Waals surface area contributed by atoms with Gasteiger partial charge in [-0.1, -0.05) is 0 Å². The average molecular weight is 231 g/mol. The Balaban J connectivity index is 0. The molecule has 0 aliphatic heterocycles. The summed E-state index contributed by atoms with van der Waals surface area (Å²) in [5.74, 6) is 0. The van der Waals surface area contributed by atoms with E-state index in [9.17, 15) is 17.3 Å². The molecule has 0 aliphatic carbocycles. The fraction of sp³-hybridized carbons (Fsp3) is 0.250. The second-order valence-electron chi connectivity index (χ2n) is 2.07. The topological polar surface area (TPSA) is 78.5 Å². The van der Waals surface area contributed by atoms with Gasteiger partial charge in [-0.3, -0.25) is 0 Å². The van der Waals surface area contributed by atoms with Crippen LogP contribution in [0.15, 0.2) is 18.7 Å². The Bertz CT molecular complexity index is 222. The van der Waals surface area contributed by atoms with Crippen molar-refractivity contribution in [3.63, 3.8) is 0 Å². The van der Waals surface area contributed by atoms with E-state index in [1.165, 1.54) is 0 Å². The van der Waals surface area contributed by atoms with Crippen molar-refractivity contribution in [2.24, 2.45) is 7.05 Å². The van der Waals surface area contributed by atoms with Crippen LogP contribution in [-0.2, 0) is 7.05 Å². The highest BCUT2D eigenvalue weighted by Gasteiger charge is 2.20. The highest BCUT2D eigenvalue weighted by Crippen LogP contribution is 2.06. The van der Waals surface area contributed by atoms with Gasteiger partial charge in [-0.05, 0) is 0 Å². The zero-order valence-electron chi connectivity index (χ0n) is 7.63. The summed E-state index contributed by atoms with van der Waals surface area (Å²) in [6, 6.07) is 0. The maximum absolute atomic E-state index is 9.75. The highest BCUT2D eigenvalue weighted by molar-refractivity contribution is 6.50. The van der Waals surface area contributed by atoms with Crippen molar-refractivity contribution in [1.29, 1.82) is 0 Å². The van der Waals surface area contributed by atoms with Gasteiger partial charge in [-0.2, -0.15) is 0 Å². The van der Waals surface area contributed by atoms with Gasteiger partial charge in [0.1, 0.15) is 0 Å². The molecular weight excluding hydrogens is 222 g/mol. The van der Waals surface area contributed by atoms with E-state index < -0.39 is 14.6 Å². The molecule has 1 aromatic heterocycles. The minimum absolute atomic E-state index is 1.75. The first kappa shape index (κ1) is 16.4. The zero-order valence-corrected chi connectivity index (χ0v) is 7.63. The second kappa shape index (κ2) is 8.26. The van der Waals surface area contributed by atoms with Crippen LogP contribution in [0.2, 0.25) is 0 Å². The molecule has 88 valence electrons. The summed E-state index contributed by atoms with van der Waals surface area (Å²) in [5.41, 5.74) is 0. The molecule has 15 heavy (non-hydrogen) atoms. The molecule has 11 heteroatoms. The number of halogens is 4. The monoisotopic (exact) mass is 231 g/mol. The number of hydrogen-bond donors (Lipinski definition) is 3. The van der Waals surface area contributed by atoms with Crippen LogP contribution in [0.1, 0.15) is 0 Å². The molecule has 0 spiro atoms. The number of rotatable bonds is 0. The Labute approximate surface area is 83.3 Å². The van der Waals surface area contributed by atoms with Gasteiger partial charge in [-0.25, -0.2) is 4.98 Å². The third kappa shape index (κ3) is 43.9. The third-order valence-electron chi connectivity index (χ3n) is 0.637. The van der Waals surface area contributed by atoms with Crippen LogP contribution in [0, 0.1) is 0 Å². The van der Waals surface area contributed by atoms with Crippen LogP contribution in [0.3, 0.4) is 0 Å². The predicted octanol–water partition coefficient (Wildman–Crippen LogP) is -0.332. The van der Waals surface area contributed by atoms with Gasteiger partial charge in [0.05, 0.1) is 6.33 Å². The summed E-state index contributed by atoms with van der Waals surface area (Å²) in [6.07, 6.45) is 5.39. The molecule has 3 N–H and O–H groups in total. The third-order valence-corrected chi connectivity index (χ3v) is 0.637. The number of nitrogens with zero attached hydrogens (tertiary/aromatic N) is 2. The van der Waals surface area contributed by atoms with Gasteiger partial charge in [0.2, 0.25) is 0 Å². The molecule has 0 unspecified atom stereocenters. The summed E-state index contributed by atoms with van der Waals surface area (Å²) in [4.78, 5) is 3.78. The van der Waals surface area contributed by atoms with Gasteiger partial charge in [0.25, 0.3) is 0 Å². The number of hydrogen-bond acceptors (Lipinski definition) is 4.